The minimum atomic E-state index is -3.52. The smallest absolute Gasteiger partial charge is 0.292 e. The first-order valence-electron chi connectivity index (χ1n) is 10.0. The Kier molecular flexibility index (Phi) is 6.62. The Morgan fingerprint density at radius 2 is 1.70 bits per heavy atom. The van der Waals surface area contributed by atoms with Crippen LogP contribution in [0.4, 0.5) is 17.1 Å². The quantitative estimate of drug-likeness (QED) is 0.532. The van der Waals surface area contributed by atoms with Crippen molar-refractivity contribution in [3.05, 3.63) is 58.1 Å². The molecule has 1 heterocycles. The fourth-order valence-electron chi connectivity index (χ4n) is 3.38. The Bertz CT molecular complexity index is 998. The van der Waals surface area contributed by atoms with E-state index in [-0.39, 0.29) is 5.69 Å². The van der Waals surface area contributed by atoms with Crippen LogP contribution in [0.15, 0.2) is 47.4 Å². The van der Waals surface area contributed by atoms with E-state index >= 15 is 0 Å². The molecule has 1 aliphatic heterocycles. The van der Waals surface area contributed by atoms with Crippen molar-refractivity contribution < 1.29 is 13.3 Å². The second kappa shape index (κ2) is 9.01. The molecule has 1 saturated heterocycles. The number of benzene rings is 2. The summed E-state index contributed by atoms with van der Waals surface area (Å²) >= 11 is 0. The number of piperazine rings is 1. The van der Waals surface area contributed by atoms with Gasteiger partial charge in [-0.15, -0.1) is 0 Å². The van der Waals surface area contributed by atoms with Crippen LogP contribution in [0.3, 0.4) is 0 Å². The number of nitro benzene ring substituents is 1. The largest absolute Gasteiger partial charge is 0.379 e. The molecule has 0 amide bonds. The van der Waals surface area contributed by atoms with Gasteiger partial charge in [0, 0.05) is 44.5 Å². The van der Waals surface area contributed by atoms with Crippen molar-refractivity contribution in [2.45, 2.75) is 25.7 Å². The molecule has 1 fully saturated rings. The van der Waals surface area contributed by atoms with Gasteiger partial charge in [-0.05, 0) is 37.1 Å². The molecule has 0 bridgehead atoms. The normalized spacial score (nSPS) is 15.4. The molecule has 1 aliphatic rings. The summed E-state index contributed by atoms with van der Waals surface area (Å²) < 4.78 is 27.3. The summed E-state index contributed by atoms with van der Waals surface area (Å²) in [4.78, 5) is 13.3. The Morgan fingerprint density at radius 3 is 2.27 bits per heavy atom. The maximum Gasteiger partial charge on any atom is 0.292 e. The number of sulfonamides is 1. The fraction of sp³-hybridized carbons (Fsp3) is 0.429. The van der Waals surface area contributed by atoms with E-state index < -0.39 is 14.9 Å². The van der Waals surface area contributed by atoms with Crippen LogP contribution in [0, 0.1) is 23.0 Å². The zero-order valence-corrected chi connectivity index (χ0v) is 18.4. The molecular weight excluding hydrogens is 404 g/mol. The highest BCUT2D eigenvalue weighted by Crippen LogP contribution is 2.31. The molecule has 0 spiro atoms. The molecule has 1 N–H and O–H groups in total. The molecular formula is C21H28N4O4S. The van der Waals surface area contributed by atoms with Gasteiger partial charge in [-0.1, -0.05) is 31.5 Å². The number of nitrogens with one attached hydrogen (secondary N) is 1. The van der Waals surface area contributed by atoms with Gasteiger partial charge in [0.2, 0.25) is 10.0 Å². The fourth-order valence-corrected chi connectivity index (χ4v) is 4.80. The van der Waals surface area contributed by atoms with Crippen LogP contribution in [0.2, 0.25) is 0 Å². The molecule has 0 atom stereocenters. The van der Waals surface area contributed by atoms with Gasteiger partial charge in [-0.25, -0.2) is 8.42 Å². The van der Waals surface area contributed by atoms with E-state index in [1.54, 1.807) is 36.4 Å². The molecule has 0 radical (unpaired) electrons. The van der Waals surface area contributed by atoms with Gasteiger partial charge in [-0.3, -0.25) is 10.1 Å². The Labute approximate surface area is 177 Å². The average molecular weight is 433 g/mol. The zero-order chi connectivity index (χ0) is 21.9. The summed E-state index contributed by atoms with van der Waals surface area (Å²) in [7, 11) is -3.52. The van der Waals surface area contributed by atoms with E-state index in [0.717, 1.165) is 11.3 Å². The molecule has 0 aromatic heterocycles. The van der Waals surface area contributed by atoms with Crippen molar-refractivity contribution in [1.82, 2.24) is 4.31 Å². The molecule has 0 unspecified atom stereocenters. The molecule has 2 aromatic rings. The summed E-state index contributed by atoms with van der Waals surface area (Å²) in [5.41, 5.74) is 2.39. The average Bonchev–Trinajstić information content (AvgIpc) is 2.72. The second-order valence-electron chi connectivity index (χ2n) is 7.94. The monoisotopic (exact) mass is 432 g/mol. The molecule has 30 heavy (non-hydrogen) atoms. The van der Waals surface area contributed by atoms with Crippen LogP contribution < -0.4 is 10.2 Å². The summed E-state index contributed by atoms with van der Waals surface area (Å²) in [6.45, 7) is 8.40. The Hall–Kier alpha value is -2.65. The van der Waals surface area contributed by atoms with E-state index in [1.807, 2.05) is 20.8 Å². The topological polar surface area (TPSA) is 95.8 Å². The number of nitrogens with zero attached hydrogens (tertiary/aromatic N) is 3. The third kappa shape index (κ3) is 4.91. The van der Waals surface area contributed by atoms with Crippen molar-refractivity contribution in [2.24, 2.45) is 5.92 Å². The van der Waals surface area contributed by atoms with Crippen LogP contribution in [0.25, 0.3) is 0 Å². The molecule has 2 aromatic carbocycles. The van der Waals surface area contributed by atoms with Crippen molar-refractivity contribution in [3.63, 3.8) is 0 Å². The van der Waals surface area contributed by atoms with Crippen LogP contribution in [0.5, 0.6) is 0 Å². The minimum absolute atomic E-state index is 0.0417. The van der Waals surface area contributed by atoms with E-state index in [2.05, 4.69) is 10.2 Å². The number of anilines is 2. The van der Waals surface area contributed by atoms with Gasteiger partial charge in [0.25, 0.3) is 5.69 Å². The van der Waals surface area contributed by atoms with Gasteiger partial charge >= 0.3 is 0 Å². The van der Waals surface area contributed by atoms with E-state index in [9.17, 15) is 18.5 Å². The van der Waals surface area contributed by atoms with Crippen molar-refractivity contribution in [1.29, 1.82) is 0 Å². The van der Waals surface area contributed by atoms with E-state index in [1.165, 1.54) is 10.4 Å². The van der Waals surface area contributed by atoms with E-state index in [0.29, 0.717) is 49.2 Å². The third-order valence-electron chi connectivity index (χ3n) is 5.14. The van der Waals surface area contributed by atoms with Gasteiger partial charge < -0.3 is 10.2 Å². The maximum atomic E-state index is 12.9. The number of hydrogen-bond acceptors (Lipinski definition) is 6. The maximum absolute atomic E-state index is 12.9. The highest BCUT2D eigenvalue weighted by Gasteiger charge is 2.29. The lowest BCUT2D eigenvalue weighted by Gasteiger charge is -2.35. The molecule has 0 saturated carbocycles. The van der Waals surface area contributed by atoms with Gasteiger partial charge in [-0.2, -0.15) is 4.31 Å². The third-order valence-corrected chi connectivity index (χ3v) is 7.05. The summed E-state index contributed by atoms with van der Waals surface area (Å²) in [6.07, 6.45) is 0. The van der Waals surface area contributed by atoms with Crippen molar-refractivity contribution in [3.8, 4) is 0 Å². The molecule has 0 aliphatic carbocycles. The standard InChI is InChI=1S/C21H28N4O4S/c1-16(2)15-22-20-14-18(6-9-21(20)25(26)27)23-10-12-24(13-11-23)30(28,29)19-7-4-17(3)5-8-19/h4-9,14,16,22H,10-13,15H2,1-3H3. The van der Waals surface area contributed by atoms with Crippen LogP contribution >= 0.6 is 0 Å². The predicted molar refractivity (Wildman–Crippen MR) is 119 cm³/mol. The SMILES string of the molecule is Cc1ccc(S(=O)(=O)N2CCN(c3ccc([N+](=O)[O-])c(NCC(C)C)c3)CC2)cc1. The Balaban J connectivity index is 1.73. The predicted octanol–water partition coefficient (Wildman–Crippen LogP) is 3.48. The molecule has 3 rings (SSSR count). The summed E-state index contributed by atoms with van der Waals surface area (Å²) in [5.74, 6) is 0.351. The second-order valence-corrected chi connectivity index (χ2v) is 9.88. The minimum Gasteiger partial charge on any atom is -0.379 e. The molecule has 162 valence electrons. The number of nitro groups is 1. The lowest BCUT2D eigenvalue weighted by molar-refractivity contribution is -0.383. The number of rotatable bonds is 7. The first-order chi connectivity index (χ1) is 14.2. The van der Waals surface area contributed by atoms with Crippen molar-refractivity contribution >= 4 is 27.1 Å². The number of aryl methyl sites for hydroxylation is 1. The van der Waals surface area contributed by atoms with Crippen LogP contribution in [0.1, 0.15) is 19.4 Å². The van der Waals surface area contributed by atoms with E-state index in [4.69, 9.17) is 0 Å². The zero-order valence-electron chi connectivity index (χ0n) is 17.5. The lowest BCUT2D eigenvalue weighted by Crippen LogP contribution is -2.48. The molecule has 9 heteroatoms. The first kappa shape index (κ1) is 22.0. The number of hydrogen-bond donors (Lipinski definition) is 1. The summed E-state index contributed by atoms with van der Waals surface area (Å²) in [6, 6.07) is 11.9. The highest BCUT2D eigenvalue weighted by molar-refractivity contribution is 7.89. The first-order valence-corrected chi connectivity index (χ1v) is 11.5. The van der Waals surface area contributed by atoms with Gasteiger partial charge in [0.1, 0.15) is 5.69 Å². The summed E-state index contributed by atoms with van der Waals surface area (Å²) in [5, 5.41) is 14.5. The lowest BCUT2D eigenvalue weighted by atomic mass is 10.2. The molecule has 8 nitrogen and oxygen atoms in total. The van der Waals surface area contributed by atoms with Gasteiger partial charge in [0.05, 0.1) is 9.82 Å². The van der Waals surface area contributed by atoms with Crippen LogP contribution in [-0.2, 0) is 10.0 Å². The Morgan fingerprint density at radius 1 is 1.07 bits per heavy atom. The highest BCUT2D eigenvalue weighted by atomic mass is 32.2. The van der Waals surface area contributed by atoms with Crippen molar-refractivity contribution in [2.75, 3.05) is 42.9 Å². The van der Waals surface area contributed by atoms with Crippen LogP contribution in [-0.4, -0.2) is 50.4 Å². The van der Waals surface area contributed by atoms with Gasteiger partial charge in [0.15, 0.2) is 0 Å².